The lowest BCUT2D eigenvalue weighted by atomic mass is 9.95. The summed E-state index contributed by atoms with van der Waals surface area (Å²) in [5.74, 6) is 0.414. The predicted octanol–water partition coefficient (Wildman–Crippen LogP) is 1.83. The Labute approximate surface area is 117 Å². The Balaban J connectivity index is 1.61. The van der Waals surface area contributed by atoms with Crippen LogP contribution in [0.25, 0.3) is 0 Å². The van der Waals surface area contributed by atoms with E-state index in [1.54, 1.807) is 0 Å². The van der Waals surface area contributed by atoms with Crippen LogP contribution in [0.1, 0.15) is 18.4 Å². The lowest BCUT2D eigenvalue weighted by Gasteiger charge is -2.30. The molecule has 2 aliphatic heterocycles. The van der Waals surface area contributed by atoms with Crippen molar-refractivity contribution < 1.29 is 18.7 Å². The molecule has 20 heavy (non-hydrogen) atoms. The SMILES string of the molecule is O=C(NC1CCCOC1F)C1COc2ccccc2C1. The number of amides is 1. The van der Waals surface area contributed by atoms with Crippen LogP contribution >= 0.6 is 0 Å². The molecule has 2 aliphatic rings. The number of nitrogens with one attached hydrogen (secondary N) is 1. The average Bonchev–Trinajstić information content (AvgIpc) is 2.49. The van der Waals surface area contributed by atoms with Gasteiger partial charge in [-0.3, -0.25) is 4.79 Å². The molecule has 1 amide bonds. The molecule has 1 N–H and O–H groups in total. The van der Waals surface area contributed by atoms with Crippen LogP contribution < -0.4 is 10.1 Å². The first-order chi connectivity index (χ1) is 9.74. The maximum absolute atomic E-state index is 13.5. The highest BCUT2D eigenvalue weighted by atomic mass is 19.1. The second-order valence-electron chi connectivity index (χ2n) is 5.30. The number of hydrogen-bond donors (Lipinski definition) is 1. The minimum absolute atomic E-state index is 0.155. The monoisotopic (exact) mass is 279 g/mol. The third kappa shape index (κ3) is 2.77. The molecule has 0 radical (unpaired) electrons. The van der Waals surface area contributed by atoms with Gasteiger partial charge in [0.2, 0.25) is 12.3 Å². The summed E-state index contributed by atoms with van der Waals surface area (Å²) in [4.78, 5) is 12.2. The van der Waals surface area contributed by atoms with Crippen LogP contribution in [0.15, 0.2) is 24.3 Å². The van der Waals surface area contributed by atoms with Crippen LogP contribution in [0.2, 0.25) is 0 Å². The average molecular weight is 279 g/mol. The smallest absolute Gasteiger partial charge is 0.227 e. The molecule has 4 nitrogen and oxygen atoms in total. The van der Waals surface area contributed by atoms with Crippen LogP contribution in [0.5, 0.6) is 5.75 Å². The minimum atomic E-state index is -1.40. The highest BCUT2D eigenvalue weighted by Gasteiger charge is 2.31. The van der Waals surface area contributed by atoms with Crippen molar-refractivity contribution in [2.45, 2.75) is 31.7 Å². The Morgan fingerprint density at radius 1 is 1.35 bits per heavy atom. The molecular formula is C15H18FNO3. The summed E-state index contributed by atoms with van der Waals surface area (Å²) in [6, 6.07) is 7.15. The van der Waals surface area contributed by atoms with Crippen molar-refractivity contribution in [3.8, 4) is 5.75 Å². The maximum atomic E-state index is 13.5. The van der Waals surface area contributed by atoms with E-state index < -0.39 is 12.4 Å². The molecule has 5 heteroatoms. The van der Waals surface area contributed by atoms with E-state index in [1.165, 1.54) is 0 Å². The van der Waals surface area contributed by atoms with E-state index in [0.29, 0.717) is 26.1 Å². The summed E-state index contributed by atoms with van der Waals surface area (Å²) in [5.41, 5.74) is 1.02. The van der Waals surface area contributed by atoms with Crippen LogP contribution in [0.3, 0.4) is 0 Å². The molecule has 0 saturated carbocycles. The molecular weight excluding hydrogens is 261 g/mol. The van der Waals surface area contributed by atoms with Gasteiger partial charge in [-0.05, 0) is 30.9 Å². The number of hydrogen-bond acceptors (Lipinski definition) is 3. The highest BCUT2D eigenvalue weighted by Crippen LogP contribution is 2.27. The number of carbonyl (C=O) groups is 1. The van der Waals surface area contributed by atoms with Gasteiger partial charge in [0.05, 0.1) is 18.6 Å². The van der Waals surface area contributed by atoms with Gasteiger partial charge in [-0.25, -0.2) is 4.39 Å². The van der Waals surface area contributed by atoms with Crippen LogP contribution in [-0.4, -0.2) is 31.5 Å². The summed E-state index contributed by atoms with van der Waals surface area (Å²) in [7, 11) is 0. The number of fused-ring (bicyclic) bond motifs is 1. The van der Waals surface area contributed by atoms with Crippen molar-refractivity contribution >= 4 is 5.91 Å². The molecule has 3 atom stereocenters. The topological polar surface area (TPSA) is 47.6 Å². The number of alkyl halides is 1. The Morgan fingerprint density at radius 2 is 2.20 bits per heavy atom. The number of rotatable bonds is 2. The van der Waals surface area contributed by atoms with E-state index >= 15 is 0 Å². The van der Waals surface area contributed by atoms with Gasteiger partial charge in [0.25, 0.3) is 0 Å². The van der Waals surface area contributed by atoms with Crippen LogP contribution in [0.4, 0.5) is 4.39 Å². The summed E-state index contributed by atoms with van der Waals surface area (Å²) in [6.45, 7) is 0.765. The molecule has 108 valence electrons. The zero-order chi connectivity index (χ0) is 13.9. The molecule has 0 bridgehead atoms. The Bertz CT molecular complexity index is 494. The normalized spacial score (nSPS) is 29.1. The van der Waals surface area contributed by atoms with Gasteiger partial charge in [-0.15, -0.1) is 0 Å². The van der Waals surface area contributed by atoms with Gasteiger partial charge in [0.15, 0.2) is 0 Å². The van der Waals surface area contributed by atoms with Crippen molar-refractivity contribution in [2.24, 2.45) is 5.92 Å². The van der Waals surface area contributed by atoms with E-state index in [2.05, 4.69) is 5.32 Å². The van der Waals surface area contributed by atoms with E-state index in [4.69, 9.17) is 9.47 Å². The molecule has 2 heterocycles. The molecule has 1 saturated heterocycles. The first-order valence-corrected chi connectivity index (χ1v) is 7.01. The molecule has 0 aromatic heterocycles. The predicted molar refractivity (Wildman–Crippen MR) is 71.1 cm³/mol. The first kappa shape index (κ1) is 13.4. The van der Waals surface area contributed by atoms with Crippen molar-refractivity contribution in [1.29, 1.82) is 0 Å². The Morgan fingerprint density at radius 3 is 3.05 bits per heavy atom. The molecule has 1 fully saturated rings. The van der Waals surface area contributed by atoms with Crippen molar-refractivity contribution in [3.63, 3.8) is 0 Å². The molecule has 3 rings (SSSR count). The second-order valence-corrected chi connectivity index (χ2v) is 5.30. The molecule has 1 aromatic rings. The van der Waals surface area contributed by atoms with E-state index in [0.717, 1.165) is 17.7 Å². The number of halogens is 1. The first-order valence-electron chi connectivity index (χ1n) is 7.01. The fraction of sp³-hybridized carbons (Fsp3) is 0.533. The minimum Gasteiger partial charge on any atom is -0.492 e. The largest absolute Gasteiger partial charge is 0.492 e. The Hall–Kier alpha value is -1.62. The summed E-state index contributed by atoms with van der Waals surface area (Å²) < 4.78 is 24.1. The van der Waals surface area contributed by atoms with E-state index in [-0.39, 0.29) is 11.8 Å². The van der Waals surface area contributed by atoms with Crippen LogP contribution in [-0.2, 0) is 16.0 Å². The van der Waals surface area contributed by atoms with Gasteiger partial charge in [-0.2, -0.15) is 0 Å². The lowest BCUT2D eigenvalue weighted by Crippen LogP contribution is -2.49. The zero-order valence-corrected chi connectivity index (χ0v) is 11.2. The summed E-state index contributed by atoms with van der Waals surface area (Å²) in [5, 5.41) is 2.75. The van der Waals surface area contributed by atoms with Crippen molar-refractivity contribution in [3.05, 3.63) is 29.8 Å². The lowest BCUT2D eigenvalue weighted by molar-refractivity contribution is -0.134. The number of benzene rings is 1. The van der Waals surface area contributed by atoms with Crippen molar-refractivity contribution in [1.82, 2.24) is 5.32 Å². The van der Waals surface area contributed by atoms with Crippen molar-refractivity contribution in [2.75, 3.05) is 13.2 Å². The van der Waals surface area contributed by atoms with Gasteiger partial charge < -0.3 is 14.8 Å². The molecule has 1 aromatic carbocycles. The van der Waals surface area contributed by atoms with E-state index in [1.807, 2.05) is 24.3 Å². The number of carbonyl (C=O) groups excluding carboxylic acids is 1. The number of ether oxygens (including phenoxy) is 2. The zero-order valence-electron chi connectivity index (χ0n) is 11.2. The Kier molecular flexibility index (Phi) is 3.87. The second kappa shape index (κ2) is 5.79. The third-order valence-corrected chi connectivity index (χ3v) is 3.83. The highest BCUT2D eigenvalue weighted by molar-refractivity contribution is 5.80. The van der Waals surface area contributed by atoms with Crippen LogP contribution in [0, 0.1) is 5.92 Å². The quantitative estimate of drug-likeness (QED) is 0.898. The van der Waals surface area contributed by atoms with Gasteiger partial charge in [0.1, 0.15) is 12.4 Å². The van der Waals surface area contributed by atoms with Gasteiger partial charge >= 0.3 is 0 Å². The van der Waals surface area contributed by atoms with Gasteiger partial charge in [0, 0.05) is 0 Å². The van der Waals surface area contributed by atoms with E-state index in [9.17, 15) is 9.18 Å². The maximum Gasteiger partial charge on any atom is 0.227 e. The standard InChI is InChI=1S/C15H18FNO3/c16-14-12(5-3-7-19-14)17-15(18)11-8-10-4-1-2-6-13(10)20-9-11/h1-2,4,6,11-12,14H,3,5,7-9H2,(H,17,18). The van der Waals surface area contributed by atoms with Gasteiger partial charge in [-0.1, -0.05) is 18.2 Å². The molecule has 0 aliphatic carbocycles. The molecule has 3 unspecified atom stereocenters. The molecule has 0 spiro atoms. The summed E-state index contributed by atoms with van der Waals surface area (Å²) in [6.07, 6.45) is 0.628. The fourth-order valence-corrected chi connectivity index (χ4v) is 2.68. The fourth-order valence-electron chi connectivity index (χ4n) is 2.68. The number of para-hydroxylation sites is 1. The third-order valence-electron chi connectivity index (χ3n) is 3.83. The summed E-state index contributed by atoms with van der Waals surface area (Å²) >= 11 is 0.